The third-order valence-corrected chi connectivity index (χ3v) is 1.45. The van der Waals surface area contributed by atoms with Crippen LogP contribution in [0.2, 0.25) is 0 Å². The van der Waals surface area contributed by atoms with Crippen LogP contribution in [0.1, 0.15) is 10.5 Å². The largest absolute Gasteiger partial charge is 0.464 e. The molecule has 0 radical (unpaired) electrons. The van der Waals surface area contributed by atoms with Gasteiger partial charge in [0.2, 0.25) is 5.69 Å². The highest BCUT2D eigenvalue weighted by Crippen LogP contribution is 2.12. The number of anilines is 1. The average molecular weight is 159 g/mol. The quantitative estimate of drug-likeness (QED) is 0.579. The molecule has 6 heteroatoms. The van der Waals surface area contributed by atoms with Gasteiger partial charge >= 0.3 is 5.97 Å². The van der Waals surface area contributed by atoms with Gasteiger partial charge in [-0.25, -0.2) is 4.79 Å². The number of nitrogens with zero attached hydrogens (tertiary/aromatic N) is 2. The van der Waals surface area contributed by atoms with Crippen LogP contribution in [0.4, 0.5) is 5.00 Å². The first-order valence-electron chi connectivity index (χ1n) is 2.42. The van der Waals surface area contributed by atoms with Crippen LogP contribution in [0, 0.1) is 0 Å². The Morgan fingerprint density at radius 1 is 1.80 bits per heavy atom. The van der Waals surface area contributed by atoms with Gasteiger partial charge in [0, 0.05) is 11.5 Å². The molecule has 1 heterocycles. The van der Waals surface area contributed by atoms with Gasteiger partial charge < -0.3 is 10.5 Å². The topological polar surface area (TPSA) is 78.1 Å². The Labute approximate surface area is 61.0 Å². The summed E-state index contributed by atoms with van der Waals surface area (Å²) in [5, 5.41) is 3.74. The van der Waals surface area contributed by atoms with Crippen LogP contribution in [0.3, 0.4) is 0 Å². The number of rotatable bonds is 1. The molecule has 0 saturated heterocycles. The highest BCUT2D eigenvalue weighted by atomic mass is 32.1. The summed E-state index contributed by atoms with van der Waals surface area (Å²) in [5.41, 5.74) is 5.40. The van der Waals surface area contributed by atoms with Crippen molar-refractivity contribution >= 4 is 22.5 Å². The van der Waals surface area contributed by atoms with Crippen LogP contribution in [-0.2, 0) is 4.74 Å². The van der Waals surface area contributed by atoms with Crippen molar-refractivity contribution in [1.29, 1.82) is 0 Å². The van der Waals surface area contributed by atoms with Crippen molar-refractivity contribution in [2.75, 3.05) is 12.8 Å². The van der Waals surface area contributed by atoms with E-state index in [2.05, 4.69) is 14.3 Å². The van der Waals surface area contributed by atoms with Gasteiger partial charge in [0.05, 0.1) is 7.11 Å². The van der Waals surface area contributed by atoms with Crippen molar-refractivity contribution < 1.29 is 9.53 Å². The van der Waals surface area contributed by atoms with E-state index in [9.17, 15) is 4.79 Å². The van der Waals surface area contributed by atoms with Gasteiger partial charge in [-0.05, 0) is 0 Å². The minimum absolute atomic E-state index is 0.0903. The number of hydrogen-bond donors (Lipinski definition) is 1. The van der Waals surface area contributed by atoms with Crippen LogP contribution >= 0.6 is 11.5 Å². The number of carbonyl (C=O) groups is 1. The van der Waals surface area contributed by atoms with Crippen molar-refractivity contribution in [3.63, 3.8) is 0 Å². The lowest BCUT2D eigenvalue weighted by Gasteiger charge is -1.91. The molecular weight excluding hydrogens is 154 g/mol. The zero-order valence-corrected chi connectivity index (χ0v) is 6.01. The zero-order valence-electron chi connectivity index (χ0n) is 5.20. The van der Waals surface area contributed by atoms with Crippen LogP contribution in [0.5, 0.6) is 0 Å². The Bertz CT molecular complexity index is 246. The van der Waals surface area contributed by atoms with Crippen LogP contribution in [0.15, 0.2) is 0 Å². The third kappa shape index (κ3) is 1.06. The number of ether oxygens (including phenoxy) is 1. The van der Waals surface area contributed by atoms with Crippen molar-refractivity contribution in [3.8, 4) is 0 Å². The molecule has 0 atom stereocenters. The summed E-state index contributed by atoms with van der Waals surface area (Å²) in [6, 6.07) is 0. The molecule has 0 aliphatic rings. The predicted octanol–water partition coefficient (Wildman–Crippen LogP) is -0.0931. The molecule has 0 aliphatic carbocycles. The molecule has 1 rings (SSSR count). The summed E-state index contributed by atoms with van der Waals surface area (Å²) in [4.78, 5) is 10.7. The van der Waals surface area contributed by atoms with E-state index in [1.54, 1.807) is 0 Å². The fraction of sp³-hybridized carbons (Fsp3) is 0.250. The van der Waals surface area contributed by atoms with E-state index in [0.717, 1.165) is 11.5 Å². The van der Waals surface area contributed by atoms with Gasteiger partial charge in [-0.2, -0.15) is 0 Å². The summed E-state index contributed by atoms with van der Waals surface area (Å²) in [6.07, 6.45) is 0. The lowest BCUT2D eigenvalue weighted by atomic mass is 10.5. The number of carbonyl (C=O) groups excluding carboxylic acids is 1. The average Bonchev–Trinajstić information content (AvgIpc) is 2.34. The molecule has 0 unspecified atom stereocenters. The van der Waals surface area contributed by atoms with Crippen molar-refractivity contribution in [1.82, 2.24) is 9.59 Å². The number of hydrogen-bond acceptors (Lipinski definition) is 6. The van der Waals surface area contributed by atoms with Crippen LogP contribution < -0.4 is 5.73 Å². The minimum atomic E-state index is -0.550. The Hall–Kier alpha value is -1.17. The molecule has 10 heavy (non-hydrogen) atoms. The first-order chi connectivity index (χ1) is 4.75. The fourth-order valence-corrected chi connectivity index (χ4v) is 0.857. The van der Waals surface area contributed by atoms with Gasteiger partial charge in [0.25, 0.3) is 0 Å². The predicted molar refractivity (Wildman–Crippen MR) is 35.7 cm³/mol. The fourth-order valence-electron chi connectivity index (χ4n) is 0.436. The van der Waals surface area contributed by atoms with E-state index in [0.29, 0.717) is 0 Å². The normalized spacial score (nSPS) is 9.30. The second-order valence-corrected chi connectivity index (χ2v) is 2.26. The molecule has 5 nitrogen and oxygen atoms in total. The first-order valence-corrected chi connectivity index (χ1v) is 3.19. The zero-order chi connectivity index (χ0) is 7.56. The van der Waals surface area contributed by atoms with E-state index in [-0.39, 0.29) is 10.7 Å². The molecule has 0 amide bonds. The lowest BCUT2D eigenvalue weighted by molar-refractivity contribution is 0.0595. The maximum absolute atomic E-state index is 10.7. The molecule has 0 saturated carbocycles. The molecule has 1 aromatic heterocycles. The van der Waals surface area contributed by atoms with Gasteiger partial charge in [-0.15, -0.1) is 5.10 Å². The Morgan fingerprint density at radius 3 is 2.90 bits per heavy atom. The second-order valence-electron chi connectivity index (χ2n) is 1.48. The van der Waals surface area contributed by atoms with E-state index < -0.39 is 5.97 Å². The molecule has 0 aromatic carbocycles. The molecule has 0 spiro atoms. The minimum Gasteiger partial charge on any atom is -0.464 e. The third-order valence-electron chi connectivity index (χ3n) is 0.892. The maximum atomic E-state index is 10.7. The van der Waals surface area contributed by atoms with E-state index in [1.165, 1.54) is 7.11 Å². The molecule has 0 aliphatic heterocycles. The van der Waals surface area contributed by atoms with E-state index in [1.807, 2.05) is 0 Å². The summed E-state index contributed by atoms with van der Waals surface area (Å²) in [6.45, 7) is 0. The Kier molecular flexibility index (Phi) is 1.81. The van der Waals surface area contributed by atoms with E-state index >= 15 is 0 Å². The highest BCUT2D eigenvalue weighted by Gasteiger charge is 2.13. The number of nitrogens with two attached hydrogens (primary N) is 1. The van der Waals surface area contributed by atoms with Gasteiger partial charge in [-0.1, -0.05) is 4.49 Å². The monoisotopic (exact) mass is 159 g/mol. The van der Waals surface area contributed by atoms with Crippen LogP contribution in [0.25, 0.3) is 0 Å². The van der Waals surface area contributed by atoms with Crippen molar-refractivity contribution in [2.45, 2.75) is 0 Å². The summed E-state index contributed by atoms with van der Waals surface area (Å²) in [5.74, 6) is -0.550. The van der Waals surface area contributed by atoms with Gasteiger partial charge in [0.1, 0.15) is 5.00 Å². The first kappa shape index (κ1) is 6.94. The molecule has 2 N–H and O–H groups in total. The molecule has 0 fully saturated rings. The summed E-state index contributed by atoms with van der Waals surface area (Å²) >= 11 is 0.964. The van der Waals surface area contributed by atoms with Gasteiger partial charge in [-0.3, -0.25) is 0 Å². The van der Waals surface area contributed by atoms with E-state index in [4.69, 9.17) is 5.73 Å². The number of aromatic nitrogens is 2. The van der Waals surface area contributed by atoms with Crippen molar-refractivity contribution in [3.05, 3.63) is 5.69 Å². The van der Waals surface area contributed by atoms with Gasteiger partial charge in [0.15, 0.2) is 0 Å². The number of methoxy groups -OCH3 is 1. The molecule has 1 aromatic rings. The lowest BCUT2D eigenvalue weighted by Crippen LogP contribution is -2.04. The van der Waals surface area contributed by atoms with Crippen molar-refractivity contribution in [2.24, 2.45) is 0 Å². The Balaban J connectivity index is 2.93. The number of nitrogen functional groups attached to an aromatic ring is 1. The molecule has 0 bridgehead atoms. The Morgan fingerprint density at radius 2 is 2.50 bits per heavy atom. The standard InChI is InChI=1S/C4H5N3O2S/c1-9-4(8)2-3(5)10-7-6-2/h5H2,1H3. The highest BCUT2D eigenvalue weighted by molar-refractivity contribution is 7.10. The molecular formula is C4H5N3O2S. The van der Waals surface area contributed by atoms with Crippen LogP contribution in [-0.4, -0.2) is 22.7 Å². The maximum Gasteiger partial charge on any atom is 0.361 e. The molecule has 54 valence electrons. The number of esters is 1. The summed E-state index contributed by atoms with van der Waals surface area (Å²) < 4.78 is 7.82. The second kappa shape index (κ2) is 2.61. The summed E-state index contributed by atoms with van der Waals surface area (Å²) in [7, 11) is 1.26. The SMILES string of the molecule is COC(=O)c1nnsc1N. The smallest absolute Gasteiger partial charge is 0.361 e.